The third-order valence-electron chi connectivity index (χ3n) is 10.5. The maximum Gasteiger partial charge on any atom is 0.164 e. The standard InChI is InChI=1S/C49H29N3O/c1-2-13-34(14-3-1)47-50-48(35-26-23-32-22-25-33-24-21-30-11-4-6-15-36(30)44(33)41(32)29-35)52-49(51-47)40-28-27-31-12-5-7-16-37(31)45(40)39-18-10-20-43-46(39)38-17-8-9-19-42(38)53-43/h1-29H. The Morgan fingerprint density at radius 2 is 0.906 bits per heavy atom. The molecule has 0 amide bonds. The van der Waals surface area contributed by atoms with E-state index in [1.807, 2.05) is 36.4 Å². The number of hydrogen-bond acceptors (Lipinski definition) is 4. The molecule has 4 heteroatoms. The van der Waals surface area contributed by atoms with Crippen LogP contribution in [0.25, 0.3) is 110 Å². The number of rotatable bonds is 4. The second-order valence-electron chi connectivity index (χ2n) is 13.5. The van der Waals surface area contributed by atoms with Gasteiger partial charge in [0.2, 0.25) is 0 Å². The first-order chi connectivity index (χ1) is 26.3. The van der Waals surface area contributed by atoms with Crippen molar-refractivity contribution in [3.05, 3.63) is 176 Å². The largest absolute Gasteiger partial charge is 0.456 e. The molecule has 2 aromatic heterocycles. The molecule has 0 aliphatic carbocycles. The summed E-state index contributed by atoms with van der Waals surface area (Å²) in [5, 5.41) is 11.6. The zero-order chi connectivity index (χ0) is 34.9. The van der Waals surface area contributed by atoms with Gasteiger partial charge in [-0.1, -0.05) is 152 Å². The normalized spacial score (nSPS) is 11.8. The van der Waals surface area contributed by atoms with E-state index in [0.29, 0.717) is 17.5 Å². The topological polar surface area (TPSA) is 51.8 Å². The molecule has 11 aromatic rings. The van der Waals surface area contributed by atoms with Crippen LogP contribution in [0, 0.1) is 0 Å². The first kappa shape index (κ1) is 29.5. The van der Waals surface area contributed by atoms with Gasteiger partial charge in [0, 0.05) is 33.0 Å². The lowest BCUT2D eigenvalue weighted by Gasteiger charge is -2.16. The number of para-hydroxylation sites is 1. The van der Waals surface area contributed by atoms with Crippen molar-refractivity contribution in [2.45, 2.75) is 0 Å². The van der Waals surface area contributed by atoms with Crippen LogP contribution in [0.15, 0.2) is 180 Å². The molecule has 0 aliphatic heterocycles. The number of benzene rings is 9. The SMILES string of the molecule is c1ccc(-c2nc(-c3ccc4ccc5ccc6ccccc6c5c4c3)nc(-c3ccc4ccccc4c3-c3cccc4oc5ccccc5c34)n2)cc1. The van der Waals surface area contributed by atoms with E-state index in [9.17, 15) is 0 Å². The van der Waals surface area contributed by atoms with E-state index in [1.165, 1.54) is 32.3 Å². The highest BCUT2D eigenvalue weighted by atomic mass is 16.3. The van der Waals surface area contributed by atoms with Crippen molar-refractivity contribution < 1.29 is 4.42 Å². The molecule has 0 saturated heterocycles. The van der Waals surface area contributed by atoms with Crippen molar-refractivity contribution in [2.75, 3.05) is 0 Å². The Labute approximate surface area is 304 Å². The molecule has 0 fully saturated rings. The average Bonchev–Trinajstić information content (AvgIpc) is 3.62. The molecule has 53 heavy (non-hydrogen) atoms. The molecule has 0 bridgehead atoms. The van der Waals surface area contributed by atoms with Crippen LogP contribution in [0.1, 0.15) is 0 Å². The summed E-state index contributed by atoms with van der Waals surface area (Å²) in [6, 6.07) is 61.6. The maximum absolute atomic E-state index is 6.38. The predicted octanol–water partition coefficient (Wildman–Crippen LogP) is 13.1. The molecule has 9 aromatic carbocycles. The fraction of sp³-hybridized carbons (Fsp3) is 0. The van der Waals surface area contributed by atoms with Crippen molar-refractivity contribution in [1.82, 2.24) is 15.0 Å². The summed E-state index contributed by atoms with van der Waals surface area (Å²) in [5.41, 5.74) is 6.64. The summed E-state index contributed by atoms with van der Waals surface area (Å²) in [6.07, 6.45) is 0. The summed E-state index contributed by atoms with van der Waals surface area (Å²) < 4.78 is 6.38. The lowest BCUT2D eigenvalue weighted by Crippen LogP contribution is -2.01. The van der Waals surface area contributed by atoms with Gasteiger partial charge in [-0.3, -0.25) is 0 Å². The molecule has 0 spiro atoms. The van der Waals surface area contributed by atoms with E-state index < -0.39 is 0 Å². The highest BCUT2D eigenvalue weighted by molar-refractivity contribution is 6.21. The van der Waals surface area contributed by atoms with E-state index in [-0.39, 0.29) is 0 Å². The van der Waals surface area contributed by atoms with Crippen molar-refractivity contribution >= 4 is 65.0 Å². The Bertz CT molecular complexity index is 3230. The molecule has 0 saturated carbocycles. The molecule has 4 nitrogen and oxygen atoms in total. The van der Waals surface area contributed by atoms with Crippen LogP contribution < -0.4 is 0 Å². The number of nitrogens with zero attached hydrogens (tertiary/aromatic N) is 3. The van der Waals surface area contributed by atoms with E-state index >= 15 is 0 Å². The highest BCUT2D eigenvalue weighted by Crippen LogP contribution is 2.44. The number of fused-ring (bicyclic) bond motifs is 9. The monoisotopic (exact) mass is 675 g/mol. The first-order valence-electron chi connectivity index (χ1n) is 17.9. The number of furan rings is 1. The van der Waals surface area contributed by atoms with Crippen molar-refractivity contribution in [3.8, 4) is 45.3 Å². The van der Waals surface area contributed by atoms with Crippen LogP contribution in [-0.2, 0) is 0 Å². The molecule has 0 N–H and O–H groups in total. The van der Waals surface area contributed by atoms with Crippen molar-refractivity contribution in [3.63, 3.8) is 0 Å². The van der Waals surface area contributed by atoms with Crippen LogP contribution in [-0.4, -0.2) is 15.0 Å². The zero-order valence-electron chi connectivity index (χ0n) is 28.5. The molecule has 0 aliphatic rings. The highest BCUT2D eigenvalue weighted by Gasteiger charge is 2.21. The van der Waals surface area contributed by atoms with Gasteiger partial charge in [-0.2, -0.15) is 0 Å². The van der Waals surface area contributed by atoms with Gasteiger partial charge in [-0.05, 0) is 72.9 Å². The Balaban J connectivity index is 1.21. The van der Waals surface area contributed by atoms with Gasteiger partial charge in [0.1, 0.15) is 11.2 Å². The lowest BCUT2D eigenvalue weighted by atomic mass is 9.90. The molecule has 0 unspecified atom stereocenters. The Morgan fingerprint density at radius 1 is 0.321 bits per heavy atom. The third-order valence-corrected chi connectivity index (χ3v) is 10.5. The van der Waals surface area contributed by atoms with Gasteiger partial charge in [0.15, 0.2) is 17.5 Å². The van der Waals surface area contributed by atoms with Crippen LogP contribution in [0.3, 0.4) is 0 Å². The third kappa shape index (κ3) is 4.73. The summed E-state index contributed by atoms with van der Waals surface area (Å²) in [7, 11) is 0. The Morgan fingerprint density at radius 3 is 1.74 bits per heavy atom. The quantitative estimate of drug-likeness (QED) is 0.174. The minimum Gasteiger partial charge on any atom is -0.456 e. The second kappa shape index (κ2) is 11.7. The lowest BCUT2D eigenvalue weighted by molar-refractivity contribution is 0.669. The summed E-state index contributed by atoms with van der Waals surface area (Å²) in [4.78, 5) is 15.7. The van der Waals surface area contributed by atoms with Gasteiger partial charge in [0.25, 0.3) is 0 Å². The van der Waals surface area contributed by atoms with Gasteiger partial charge in [-0.15, -0.1) is 0 Å². The van der Waals surface area contributed by atoms with E-state index in [1.54, 1.807) is 0 Å². The summed E-state index contributed by atoms with van der Waals surface area (Å²) in [6.45, 7) is 0. The fourth-order valence-corrected chi connectivity index (χ4v) is 8.04. The van der Waals surface area contributed by atoms with Crippen LogP contribution in [0.4, 0.5) is 0 Å². The molecule has 0 atom stereocenters. The van der Waals surface area contributed by atoms with Gasteiger partial charge >= 0.3 is 0 Å². The minimum atomic E-state index is 0.614. The Kier molecular flexibility index (Phi) is 6.52. The second-order valence-corrected chi connectivity index (χ2v) is 13.5. The minimum absolute atomic E-state index is 0.614. The van der Waals surface area contributed by atoms with Gasteiger partial charge in [0.05, 0.1) is 0 Å². The molecular weight excluding hydrogens is 647 g/mol. The fourth-order valence-electron chi connectivity index (χ4n) is 8.04. The van der Waals surface area contributed by atoms with Crippen LogP contribution >= 0.6 is 0 Å². The summed E-state index contributed by atoms with van der Waals surface area (Å²) in [5.74, 6) is 1.86. The predicted molar refractivity (Wildman–Crippen MR) is 219 cm³/mol. The molecule has 11 rings (SSSR count). The van der Waals surface area contributed by atoms with Crippen molar-refractivity contribution in [1.29, 1.82) is 0 Å². The van der Waals surface area contributed by atoms with E-state index in [0.717, 1.165) is 60.5 Å². The molecular formula is C49H29N3O. The zero-order valence-corrected chi connectivity index (χ0v) is 28.5. The van der Waals surface area contributed by atoms with Crippen molar-refractivity contribution in [2.24, 2.45) is 0 Å². The first-order valence-corrected chi connectivity index (χ1v) is 17.9. The average molecular weight is 676 g/mol. The van der Waals surface area contributed by atoms with E-state index in [4.69, 9.17) is 19.4 Å². The van der Waals surface area contributed by atoms with Crippen LogP contribution in [0.2, 0.25) is 0 Å². The number of aromatic nitrogens is 3. The van der Waals surface area contributed by atoms with Gasteiger partial charge in [-0.25, -0.2) is 15.0 Å². The van der Waals surface area contributed by atoms with Crippen LogP contribution in [0.5, 0.6) is 0 Å². The molecule has 0 radical (unpaired) electrons. The number of hydrogen-bond donors (Lipinski definition) is 0. The molecule has 2 heterocycles. The summed E-state index contributed by atoms with van der Waals surface area (Å²) >= 11 is 0. The smallest absolute Gasteiger partial charge is 0.164 e. The van der Waals surface area contributed by atoms with E-state index in [2.05, 4.69) is 140 Å². The maximum atomic E-state index is 6.38. The van der Waals surface area contributed by atoms with Gasteiger partial charge < -0.3 is 4.42 Å². The molecule has 246 valence electrons. The Hall–Kier alpha value is -7.17.